The highest BCUT2D eigenvalue weighted by Gasteiger charge is 2.78. The average Bonchev–Trinajstić information content (AvgIpc) is 3.27. The van der Waals surface area contributed by atoms with Crippen LogP contribution in [0.15, 0.2) is 66.7 Å². The standard InChI is InChI=1S/C30H32ClNO6/c1-5-36-21-16-22(37-6-2)26-23(17-21)38-30(19-12-14-20(31)15-13-19)25(18-10-8-7-9-11-18)24(28(34)32(3)4)27(33)29(26,30)35/h7-17,24-25,27,33,35H,5-6H2,1-4H3/t24-,25-,27-,29+,30+/m1/s1. The van der Waals surface area contributed by atoms with Crippen LogP contribution in [0.2, 0.25) is 5.02 Å². The Kier molecular flexibility index (Phi) is 6.80. The van der Waals surface area contributed by atoms with Crippen LogP contribution in [0, 0.1) is 5.92 Å². The molecule has 0 radical (unpaired) electrons. The highest BCUT2D eigenvalue weighted by atomic mass is 35.5. The number of halogens is 1. The molecule has 2 aliphatic rings. The van der Waals surface area contributed by atoms with Gasteiger partial charge in [0.1, 0.15) is 23.4 Å². The summed E-state index contributed by atoms with van der Waals surface area (Å²) in [7, 11) is 3.28. The van der Waals surface area contributed by atoms with Gasteiger partial charge in [-0.1, -0.05) is 54.1 Å². The molecule has 5 atom stereocenters. The van der Waals surface area contributed by atoms with E-state index in [0.717, 1.165) is 5.56 Å². The fourth-order valence-corrected chi connectivity index (χ4v) is 6.30. The Morgan fingerprint density at radius 3 is 2.29 bits per heavy atom. The Morgan fingerprint density at radius 2 is 1.68 bits per heavy atom. The van der Waals surface area contributed by atoms with Gasteiger partial charge in [0.25, 0.3) is 0 Å². The van der Waals surface area contributed by atoms with Gasteiger partial charge >= 0.3 is 0 Å². The quantitative estimate of drug-likeness (QED) is 0.462. The number of carbonyl (C=O) groups excluding carboxylic acids is 1. The SMILES string of the molecule is CCOc1cc(OCC)c2c(c1)O[C@@]1(c3ccc(Cl)cc3)[C@H](c3ccccc3)[C@@H](C(=O)N(C)C)[C@@H](O)[C@@]21O. The molecule has 1 amide bonds. The lowest BCUT2D eigenvalue weighted by molar-refractivity contribution is -0.156. The smallest absolute Gasteiger partial charge is 0.228 e. The molecule has 200 valence electrons. The topological polar surface area (TPSA) is 88.5 Å². The second-order valence-corrected chi connectivity index (χ2v) is 10.3. The molecule has 38 heavy (non-hydrogen) atoms. The maximum atomic E-state index is 13.7. The summed E-state index contributed by atoms with van der Waals surface area (Å²) in [6.07, 6.45) is -1.53. The van der Waals surface area contributed by atoms with Crippen LogP contribution < -0.4 is 14.2 Å². The third-order valence-corrected chi connectivity index (χ3v) is 7.84. The Bertz CT molecular complexity index is 1330. The molecule has 2 N–H and O–H groups in total. The second-order valence-electron chi connectivity index (χ2n) is 9.86. The molecule has 3 aromatic rings. The van der Waals surface area contributed by atoms with Crippen molar-refractivity contribution in [3.8, 4) is 17.2 Å². The number of carbonyl (C=O) groups is 1. The molecule has 0 bridgehead atoms. The lowest BCUT2D eigenvalue weighted by Gasteiger charge is -2.41. The normalized spacial score (nSPS) is 27.3. The minimum absolute atomic E-state index is 0.292. The molecule has 1 heterocycles. The fraction of sp³-hybridized carbons (Fsp3) is 0.367. The molecule has 1 aliphatic carbocycles. The number of aliphatic hydroxyl groups is 2. The molecule has 0 spiro atoms. The predicted molar refractivity (Wildman–Crippen MR) is 144 cm³/mol. The first kappa shape index (κ1) is 26.4. The van der Waals surface area contributed by atoms with E-state index in [9.17, 15) is 15.0 Å². The van der Waals surface area contributed by atoms with E-state index in [1.165, 1.54) is 4.90 Å². The molecule has 7 nitrogen and oxygen atoms in total. The summed E-state index contributed by atoms with van der Waals surface area (Å²) in [6.45, 7) is 4.44. The second kappa shape index (κ2) is 9.80. The monoisotopic (exact) mass is 537 g/mol. The number of aliphatic hydroxyl groups excluding tert-OH is 1. The molecule has 8 heteroatoms. The van der Waals surface area contributed by atoms with Crippen molar-refractivity contribution >= 4 is 17.5 Å². The molecule has 1 aliphatic heterocycles. The molecular formula is C30H32ClNO6. The van der Waals surface area contributed by atoms with Crippen LogP contribution in [0.5, 0.6) is 17.2 Å². The van der Waals surface area contributed by atoms with Crippen LogP contribution in [0.25, 0.3) is 0 Å². The number of fused-ring (bicyclic) bond motifs is 3. The van der Waals surface area contributed by atoms with Crippen molar-refractivity contribution in [2.45, 2.75) is 37.1 Å². The average molecular weight is 538 g/mol. The van der Waals surface area contributed by atoms with Gasteiger partial charge in [-0.25, -0.2) is 0 Å². The molecule has 1 fully saturated rings. The highest BCUT2D eigenvalue weighted by molar-refractivity contribution is 6.30. The van der Waals surface area contributed by atoms with Crippen molar-refractivity contribution in [3.05, 3.63) is 88.4 Å². The van der Waals surface area contributed by atoms with E-state index >= 15 is 0 Å². The number of ether oxygens (including phenoxy) is 3. The van der Waals surface area contributed by atoms with Crippen LogP contribution >= 0.6 is 11.6 Å². The van der Waals surface area contributed by atoms with Crippen molar-refractivity contribution in [3.63, 3.8) is 0 Å². The van der Waals surface area contributed by atoms with E-state index in [0.29, 0.717) is 46.6 Å². The van der Waals surface area contributed by atoms with E-state index < -0.39 is 29.1 Å². The van der Waals surface area contributed by atoms with Crippen LogP contribution in [0.3, 0.4) is 0 Å². The number of hydrogen-bond acceptors (Lipinski definition) is 6. The van der Waals surface area contributed by atoms with E-state index in [4.69, 9.17) is 25.8 Å². The number of benzene rings is 3. The van der Waals surface area contributed by atoms with Crippen LogP contribution in [-0.2, 0) is 16.0 Å². The van der Waals surface area contributed by atoms with Gasteiger partial charge in [0, 0.05) is 37.2 Å². The first-order chi connectivity index (χ1) is 18.2. The van der Waals surface area contributed by atoms with Gasteiger partial charge in [-0.2, -0.15) is 0 Å². The molecule has 0 aromatic heterocycles. The fourth-order valence-electron chi connectivity index (χ4n) is 6.18. The van der Waals surface area contributed by atoms with Crippen molar-refractivity contribution < 1.29 is 29.2 Å². The summed E-state index contributed by atoms with van der Waals surface area (Å²) < 4.78 is 18.6. The number of hydrogen-bond donors (Lipinski definition) is 2. The van der Waals surface area contributed by atoms with E-state index in [1.54, 1.807) is 50.5 Å². The van der Waals surface area contributed by atoms with E-state index in [-0.39, 0.29) is 5.91 Å². The lowest BCUT2D eigenvalue weighted by Crippen LogP contribution is -2.52. The van der Waals surface area contributed by atoms with Gasteiger partial charge < -0.3 is 29.3 Å². The van der Waals surface area contributed by atoms with Gasteiger partial charge in [-0.05, 0) is 37.1 Å². The van der Waals surface area contributed by atoms with Crippen molar-refractivity contribution in [2.24, 2.45) is 5.92 Å². The molecule has 1 saturated carbocycles. The summed E-state index contributed by atoms with van der Waals surface area (Å²) in [6, 6.07) is 19.7. The molecule has 0 unspecified atom stereocenters. The summed E-state index contributed by atoms with van der Waals surface area (Å²) in [5, 5.41) is 25.5. The maximum absolute atomic E-state index is 13.7. The van der Waals surface area contributed by atoms with Gasteiger partial charge in [0.2, 0.25) is 5.91 Å². The summed E-state index contributed by atoms with van der Waals surface area (Å²) in [5.41, 5.74) is -2.03. The van der Waals surface area contributed by atoms with Gasteiger partial charge in [0.05, 0.1) is 24.7 Å². The molecular weight excluding hydrogens is 506 g/mol. The molecule has 3 aromatic carbocycles. The Hall–Kier alpha value is -3.26. The zero-order valence-electron chi connectivity index (χ0n) is 21.8. The van der Waals surface area contributed by atoms with Crippen molar-refractivity contribution in [1.82, 2.24) is 4.90 Å². The van der Waals surface area contributed by atoms with Gasteiger partial charge in [0.15, 0.2) is 11.2 Å². The van der Waals surface area contributed by atoms with E-state index in [2.05, 4.69) is 0 Å². The summed E-state index contributed by atoms with van der Waals surface area (Å²) in [5.74, 6) is -0.949. The highest BCUT2D eigenvalue weighted by Crippen LogP contribution is 2.70. The van der Waals surface area contributed by atoms with Crippen LogP contribution in [0.4, 0.5) is 0 Å². The predicted octanol–water partition coefficient (Wildman–Crippen LogP) is 4.48. The van der Waals surface area contributed by atoms with Gasteiger partial charge in [-0.15, -0.1) is 0 Å². The minimum Gasteiger partial charge on any atom is -0.494 e. The summed E-state index contributed by atoms with van der Waals surface area (Å²) >= 11 is 6.26. The number of nitrogens with zero attached hydrogens (tertiary/aromatic N) is 1. The maximum Gasteiger partial charge on any atom is 0.228 e. The number of rotatable bonds is 7. The molecule has 5 rings (SSSR count). The lowest BCUT2D eigenvalue weighted by atomic mass is 9.70. The Morgan fingerprint density at radius 1 is 1.03 bits per heavy atom. The first-order valence-electron chi connectivity index (χ1n) is 12.8. The largest absolute Gasteiger partial charge is 0.494 e. The Labute approximate surface area is 227 Å². The minimum atomic E-state index is -2.05. The Balaban J connectivity index is 1.88. The first-order valence-corrected chi connectivity index (χ1v) is 13.1. The third-order valence-electron chi connectivity index (χ3n) is 7.59. The summed E-state index contributed by atoms with van der Waals surface area (Å²) in [4.78, 5) is 15.2. The third kappa shape index (κ3) is 3.67. The number of amides is 1. The van der Waals surface area contributed by atoms with Gasteiger partial charge in [-0.3, -0.25) is 4.79 Å². The molecule has 0 saturated heterocycles. The van der Waals surface area contributed by atoms with E-state index in [1.807, 2.05) is 44.2 Å². The van der Waals surface area contributed by atoms with Crippen LogP contribution in [-0.4, -0.2) is 54.4 Å². The van der Waals surface area contributed by atoms with Crippen LogP contribution in [0.1, 0.15) is 36.5 Å². The van der Waals surface area contributed by atoms with Crippen molar-refractivity contribution in [2.75, 3.05) is 27.3 Å². The van der Waals surface area contributed by atoms with Crippen molar-refractivity contribution in [1.29, 1.82) is 0 Å². The zero-order chi connectivity index (χ0) is 27.2. The zero-order valence-corrected chi connectivity index (χ0v) is 22.6.